The van der Waals surface area contributed by atoms with Crippen molar-refractivity contribution in [3.63, 3.8) is 0 Å². The van der Waals surface area contributed by atoms with Gasteiger partial charge in [-0.1, -0.05) is 25.1 Å². The van der Waals surface area contributed by atoms with Crippen LogP contribution in [0.1, 0.15) is 41.9 Å². The van der Waals surface area contributed by atoms with Gasteiger partial charge in [-0.15, -0.1) is 0 Å². The number of hydrogen-bond acceptors (Lipinski definition) is 5. The van der Waals surface area contributed by atoms with Crippen LogP contribution >= 0.6 is 0 Å². The fourth-order valence-electron chi connectivity index (χ4n) is 3.97. The molecular weight excluding hydrogens is 358 g/mol. The smallest absolute Gasteiger partial charge is 0.339 e. The molecule has 1 aliphatic heterocycles. The predicted molar refractivity (Wildman–Crippen MR) is 103 cm³/mol. The summed E-state index contributed by atoms with van der Waals surface area (Å²) < 4.78 is 5.53. The molecule has 2 aliphatic rings. The molecule has 0 radical (unpaired) electrons. The molecule has 1 fully saturated rings. The number of rotatable bonds is 3. The zero-order valence-corrected chi connectivity index (χ0v) is 16.0. The van der Waals surface area contributed by atoms with E-state index < -0.39 is 24.0 Å². The number of carbonyl (C=O) groups excluding carboxylic acids is 3. The number of para-hydroxylation sites is 1. The summed E-state index contributed by atoms with van der Waals surface area (Å²) in [6.45, 7) is 4.35. The molecule has 1 aliphatic carbocycles. The minimum Gasteiger partial charge on any atom is -0.449 e. The highest BCUT2D eigenvalue weighted by molar-refractivity contribution is 6.06. The lowest BCUT2D eigenvalue weighted by Gasteiger charge is -2.25. The van der Waals surface area contributed by atoms with E-state index in [1.807, 2.05) is 24.3 Å². The van der Waals surface area contributed by atoms with Gasteiger partial charge in [0.25, 0.3) is 5.91 Å². The molecule has 1 aromatic heterocycles. The van der Waals surface area contributed by atoms with E-state index in [-0.39, 0.29) is 6.54 Å². The Morgan fingerprint density at radius 1 is 1.32 bits per heavy atom. The standard InChI is InChI=1S/C21H23N3O4/c1-12-7-8-17-15(11-12)18(14-5-3-4-6-16(14)23-17)20(26)28-13(2)19(25)24-10-9-22-21(24)27/h3-6,12-13H,7-11H2,1-2H3,(H,22,27)/t12-,13+/m1/s1. The molecule has 2 aromatic rings. The summed E-state index contributed by atoms with van der Waals surface area (Å²) in [7, 11) is 0. The third-order valence-electron chi connectivity index (χ3n) is 5.46. The Labute approximate surface area is 163 Å². The first-order valence-electron chi connectivity index (χ1n) is 9.66. The average molecular weight is 381 g/mol. The zero-order valence-electron chi connectivity index (χ0n) is 16.0. The van der Waals surface area contributed by atoms with Crippen molar-refractivity contribution >= 4 is 28.8 Å². The van der Waals surface area contributed by atoms with Gasteiger partial charge in [0.1, 0.15) is 0 Å². The Morgan fingerprint density at radius 3 is 2.86 bits per heavy atom. The quantitative estimate of drug-likeness (QED) is 0.825. The van der Waals surface area contributed by atoms with Crippen molar-refractivity contribution in [3.05, 3.63) is 41.1 Å². The maximum absolute atomic E-state index is 13.1. The second-order valence-corrected chi connectivity index (χ2v) is 7.55. The number of ether oxygens (including phenoxy) is 1. The monoisotopic (exact) mass is 381 g/mol. The number of carbonyl (C=O) groups is 3. The van der Waals surface area contributed by atoms with E-state index >= 15 is 0 Å². The van der Waals surface area contributed by atoms with Crippen molar-refractivity contribution in [1.82, 2.24) is 15.2 Å². The van der Waals surface area contributed by atoms with E-state index in [1.165, 1.54) is 6.92 Å². The summed E-state index contributed by atoms with van der Waals surface area (Å²) in [5, 5.41) is 3.31. The molecule has 0 spiro atoms. The van der Waals surface area contributed by atoms with Crippen LogP contribution in [0, 0.1) is 5.92 Å². The number of imide groups is 1. The van der Waals surface area contributed by atoms with E-state index in [4.69, 9.17) is 9.72 Å². The number of nitrogens with one attached hydrogen (secondary N) is 1. The lowest BCUT2D eigenvalue weighted by atomic mass is 9.84. The summed E-state index contributed by atoms with van der Waals surface area (Å²) in [6.07, 6.45) is 1.57. The molecule has 0 unspecified atom stereocenters. The lowest BCUT2D eigenvalue weighted by molar-refractivity contribution is -0.136. The number of hydrogen-bond donors (Lipinski definition) is 1. The molecule has 1 aromatic carbocycles. The number of pyridine rings is 1. The van der Waals surface area contributed by atoms with Gasteiger partial charge < -0.3 is 10.1 Å². The molecule has 2 heterocycles. The minimum atomic E-state index is -1.04. The molecule has 7 heteroatoms. The molecule has 146 valence electrons. The minimum absolute atomic E-state index is 0.282. The normalized spacial score (nSPS) is 19.9. The summed E-state index contributed by atoms with van der Waals surface area (Å²) in [5.74, 6) is -0.595. The summed E-state index contributed by atoms with van der Waals surface area (Å²) in [6, 6.07) is 7.05. The molecule has 1 saturated heterocycles. The van der Waals surface area contributed by atoms with E-state index in [0.29, 0.717) is 18.0 Å². The number of esters is 1. The van der Waals surface area contributed by atoms with Crippen LogP contribution in [0.15, 0.2) is 24.3 Å². The number of aryl methyl sites for hydroxylation is 1. The van der Waals surface area contributed by atoms with E-state index in [2.05, 4.69) is 12.2 Å². The summed E-state index contributed by atoms with van der Waals surface area (Å²) in [5.41, 5.74) is 3.10. The number of amides is 3. The van der Waals surface area contributed by atoms with Gasteiger partial charge >= 0.3 is 12.0 Å². The fraction of sp³-hybridized carbons (Fsp3) is 0.429. The van der Waals surface area contributed by atoms with Crippen molar-refractivity contribution in [2.45, 2.75) is 39.2 Å². The molecule has 7 nitrogen and oxygen atoms in total. The van der Waals surface area contributed by atoms with E-state index in [9.17, 15) is 14.4 Å². The van der Waals surface area contributed by atoms with Crippen LogP contribution in [0.5, 0.6) is 0 Å². The van der Waals surface area contributed by atoms with Gasteiger partial charge in [-0.2, -0.15) is 0 Å². The number of benzene rings is 1. The molecule has 28 heavy (non-hydrogen) atoms. The Bertz CT molecular complexity index is 972. The van der Waals surface area contributed by atoms with Crippen molar-refractivity contribution in [3.8, 4) is 0 Å². The molecule has 0 saturated carbocycles. The van der Waals surface area contributed by atoms with Crippen LogP contribution in [0.25, 0.3) is 10.9 Å². The van der Waals surface area contributed by atoms with Crippen LogP contribution in [0.2, 0.25) is 0 Å². The van der Waals surface area contributed by atoms with E-state index in [0.717, 1.165) is 46.3 Å². The molecule has 0 bridgehead atoms. The van der Waals surface area contributed by atoms with Crippen molar-refractivity contribution in [1.29, 1.82) is 0 Å². The largest absolute Gasteiger partial charge is 0.449 e. The highest BCUT2D eigenvalue weighted by atomic mass is 16.5. The van der Waals surface area contributed by atoms with Gasteiger partial charge in [0.15, 0.2) is 6.10 Å². The second kappa shape index (κ2) is 7.22. The maximum atomic E-state index is 13.1. The van der Waals surface area contributed by atoms with Crippen LogP contribution in [-0.2, 0) is 22.4 Å². The Balaban J connectivity index is 1.67. The first-order valence-corrected chi connectivity index (χ1v) is 9.66. The highest BCUT2D eigenvalue weighted by Crippen LogP contribution is 2.32. The molecule has 4 rings (SSSR count). The van der Waals surface area contributed by atoms with Gasteiger partial charge in [0, 0.05) is 24.2 Å². The average Bonchev–Trinajstić information content (AvgIpc) is 3.11. The van der Waals surface area contributed by atoms with Crippen LogP contribution in [0.4, 0.5) is 4.79 Å². The molecule has 1 N–H and O–H groups in total. The lowest BCUT2D eigenvalue weighted by Crippen LogP contribution is -2.42. The van der Waals surface area contributed by atoms with Crippen molar-refractivity contribution in [2.75, 3.05) is 13.1 Å². The molecule has 2 atom stereocenters. The predicted octanol–water partition coefficient (Wildman–Crippen LogP) is 2.46. The fourth-order valence-corrected chi connectivity index (χ4v) is 3.97. The summed E-state index contributed by atoms with van der Waals surface area (Å²) >= 11 is 0. The number of aromatic nitrogens is 1. The first kappa shape index (κ1) is 18.4. The Hall–Kier alpha value is -2.96. The first-order chi connectivity index (χ1) is 13.5. The van der Waals surface area contributed by atoms with Crippen LogP contribution in [0.3, 0.4) is 0 Å². The van der Waals surface area contributed by atoms with Crippen molar-refractivity contribution in [2.24, 2.45) is 5.92 Å². The van der Waals surface area contributed by atoms with E-state index in [1.54, 1.807) is 0 Å². The highest BCUT2D eigenvalue weighted by Gasteiger charge is 2.33. The van der Waals surface area contributed by atoms with Crippen LogP contribution in [-0.4, -0.2) is 47.0 Å². The van der Waals surface area contributed by atoms with Gasteiger partial charge in [0.2, 0.25) is 0 Å². The third-order valence-corrected chi connectivity index (χ3v) is 5.46. The number of fused-ring (bicyclic) bond motifs is 2. The molecule has 3 amide bonds. The zero-order chi connectivity index (χ0) is 19.8. The third kappa shape index (κ3) is 3.21. The number of urea groups is 1. The Kier molecular flexibility index (Phi) is 4.75. The summed E-state index contributed by atoms with van der Waals surface area (Å²) in [4.78, 5) is 43.2. The molecular formula is C21H23N3O4. The van der Waals surface area contributed by atoms with Crippen LogP contribution < -0.4 is 5.32 Å². The van der Waals surface area contributed by atoms with Gasteiger partial charge in [-0.25, -0.2) is 9.59 Å². The maximum Gasteiger partial charge on any atom is 0.339 e. The SMILES string of the molecule is C[C@@H]1CCc2nc3ccccc3c(C(=O)O[C@@H](C)C(=O)N3CCNC3=O)c2C1. The van der Waals surface area contributed by atoms with Gasteiger partial charge in [0.05, 0.1) is 11.1 Å². The van der Waals surface area contributed by atoms with Crippen molar-refractivity contribution < 1.29 is 19.1 Å². The van der Waals surface area contributed by atoms with Gasteiger partial charge in [-0.05, 0) is 43.7 Å². The number of nitrogens with zero attached hydrogens (tertiary/aromatic N) is 2. The second-order valence-electron chi connectivity index (χ2n) is 7.55. The Morgan fingerprint density at radius 2 is 2.11 bits per heavy atom. The topological polar surface area (TPSA) is 88.6 Å². The van der Waals surface area contributed by atoms with Gasteiger partial charge in [-0.3, -0.25) is 14.7 Å².